The van der Waals surface area contributed by atoms with Crippen molar-refractivity contribution in [2.45, 2.75) is 31.6 Å². The van der Waals surface area contributed by atoms with Crippen molar-refractivity contribution in [1.29, 1.82) is 0 Å². The summed E-state index contributed by atoms with van der Waals surface area (Å²) in [7, 11) is 0. The first-order valence-electron chi connectivity index (χ1n) is 10.5. The Morgan fingerprint density at radius 2 is 1.97 bits per heavy atom. The van der Waals surface area contributed by atoms with Crippen LogP contribution < -0.4 is 0 Å². The number of benzene rings is 1. The Labute approximate surface area is 194 Å². The van der Waals surface area contributed by atoms with E-state index in [-0.39, 0.29) is 5.92 Å². The zero-order chi connectivity index (χ0) is 22.7. The normalized spacial score (nSPS) is 18.1. The molecule has 0 radical (unpaired) electrons. The maximum atomic E-state index is 13.2. The average Bonchev–Trinajstić information content (AvgIpc) is 3.46. The molecule has 12 heteroatoms. The molecule has 1 fully saturated rings. The van der Waals surface area contributed by atoms with E-state index in [1.165, 1.54) is 10.5 Å². The van der Waals surface area contributed by atoms with Crippen molar-refractivity contribution in [3.8, 4) is 0 Å². The summed E-state index contributed by atoms with van der Waals surface area (Å²) >= 11 is 7.30. The van der Waals surface area contributed by atoms with Crippen LogP contribution in [0.15, 0.2) is 42.6 Å². The van der Waals surface area contributed by atoms with Gasteiger partial charge in [-0.25, -0.2) is 4.68 Å². The average molecular weight is 490 g/mol. The van der Waals surface area contributed by atoms with Gasteiger partial charge < -0.3 is 0 Å². The monoisotopic (exact) mass is 489 g/mol. The van der Waals surface area contributed by atoms with E-state index in [1.54, 1.807) is 11.3 Å². The van der Waals surface area contributed by atoms with Crippen LogP contribution in [0.5, 0.6) is 0 Å². The van der Waals surface area contributed by atoms with E-state index in [1.807, 2.05) is 27.3 Å². The summed E-state index contributed by atoms with van der Waals surface area (Å²) in [5.41, 5.74) is 0.750. The Balaban J connectivity index is 1.28. The molecular weight excluding hydrogens is 471 g/mol. The van der Waals surface area contributed by atoms with Crippen LogP contribution in [-0.4, -0.2) is 46.8 Å². The number of aromatic nitrogens is 6. The molecule has 170 valence electrons. The van der Waals surface area contributed by atoms with E-state index in [0.29, 0.717) is 29.5 Å². The van der Waals surface area contributed by atoms with Gasteiger partial charge in [-0.2, -0.15) is 13.2 Å². The molecule has 6 rings (SSSR count). The van der Waals surface area contributed by atoms with Gasteiger partial charge in [-0.05, 0) is 55.9 Å². The van der Waals surface area contributed by atoms with Crippen molar-refractivity contribution >= 4 is 44.4 Å². The summed E-state index contributed by atoms with van der Waals surface area (Å²) in [4.78, 5) is 3.07. The summed E-state index contributed by atoms with van der Waals surface area (Å²) < 4.78 is 46.7. The number of rotatable bonds is 3. The Hall–Kier alpha value is -2.83. The number of likely N-dealkylation sites (tertiary alicyclic amines) is 1. The molecule has 1 aromatic carbocycles. The number of pyridine rings is 1. The molecule has 0 unspecified atom stereocenters. The molecule has 0 spiro atoms. The van der Waals surface area contributed by atoms with Crippen LogP contribution in [0.25, 0.3) is 20.8 Å². The third-order valence-electron chi connectivity index (χ3n) is 6.08. The molecule has 0 N–H and O–H groups in total. The molecule has 0 aliphatic carbocycles. The SMILES string of the molecule is FC(F)(F)c1ccc2nnc([C@@H]3CCCN(Cn4nc5sc6ccccc6n5c4=S)C3)n2c1. The van der Waals surface area contributed by atoms with Crippen LogP contribution >= 0.6 is 23.6 Å². The Morgan fingerprint density at radius 1 is 1.12 bits per heavy atom. The van der Waals surface area contributed by atoms with Crippen molar-refractivity contribution in [1.82, 2.24) is 33.7 Å². The number of hydrogen-bond acceptors (Lipinski definition) is 6. The number of thiazole rings is 1. The molecule has 5 aromatic rings. The number of para-hydroxylation sites is 1. The second kappa shape index (κ2) is 7.61. The fourth-order valence-corrected chi connectivity index (χ4v) is 5.88. The fraction of sp³-hybridized carbons (Fsp3) is 0.333. The van der Waals surface area contributed by atoms with Gasteiger partial charge >= 0.3 is 6.18 Å². The summed E-state index contributed by atoms with van der Waals surface area (Å²) in [5, 5.41) is 13.0. The predicted octanol–water partition coefficient (Wildman–Crippen LogP) is 4.98. The minimum absolute atomic E-state index is 0.0315. The molecule has 1 aliphatic heterocycles. The second-order valence-corrected chi connectivity index (χ2v) is 9.60. The Kier molecular flexibility index (Phi) is 4.78. The van der Waals surface area contributed by atoms with Crippen molar-refractivity contribution in [3.63, 3.8) is 0 Å². The molecule has 0 saturated carbocycles. The van der Waals surface area contributed by atoms with E-state index in [0.717, 1.165) is 46.8 Å². The number of alkyl halides is 3. The molecular formula is C21H18F3N7S2. The summed E-state index contributed by atoms with van der Waals surface area (Å²) in [6.45, 7) is 2.02. The van der Waals surface area contributed by atoms with E-state index in [2.05, 4.69) is 21.2 Å². The largest absolute Gasteiger partial charge is 0.417 e. The maximum absolute atomic E-state index is 13.2. The molecule has 1 atom stereocenters. The summed E-state index contributed by atoms with van der Waals surface area (Å²) in [6.07, 6.45) is -1.59. The molecule has 1 aliphatic rings. The fourth-order valence-electron chi connectivity index (χ4n) is 4.52. The maximum Gasteiger partial charge on any atom is 0.417 e. The molecule has 4 aromatic heterocycles. The lowest BCUT2D eigenvalue weighted by molar-refractivity contribution is -0.137. The van der Waals surface area contributed by atoms with Gasteiger partial charge in [-0.1, -0.05) is 23.5 Å². The molecule has 0 bridgehead atoms. The van der Waals surface area contributed by atoms with Gasteiger partial charge in [-0.3, -0.25) is 13.7 Å². The van der Waals surface area contributed by atoms with E-state index >= 15 is 0 Å². The summed E-state index contributed by atoms with van der Waals surface area (Å²) in [5.74, 6) is 0.525. The van der Waals surface area contributed by atoms with E-state index in [9.17, 15) is 13.2 Å². The third kappa shape index (κ3) is 3.52. The molecule has 33 heavy (non-hydrogen) atoms. The number of nitrogens with zero attached hydrogens (tertiary/aromatic N) is 7. The van der Waals surface area contributed by atoms with Crippen molar-refractivity contribution in [2.24, 2.45) is 0 Å². The zero-order valence-electron chi connectivity index (χ0n) is 17.2. The number of halogens is 3. The third-order valence-corrected chi connectivity index (χ3v) is 7.48. The first-order valence-corrected chi connectivity index (χ1v) is 11.7. The van der Waals surface area contributed by atoms with Crippen molar-refractivity contribution in [3.05, 3.63) is 58.8 Å². The Morgan fingerprint density at radius 3 is 2.82 bits per heavy atom. The number of hydrogen-bond donors (Lipinski definition) is 0. The Bertz CT molecular complexity index is 1540. The van der Waals surface area contributed by atoms with Gasteiger partial charge in [0, 0.05) is 18.7 Å². The molecule has 7 nitrogen and oxygen atoms in total. The highest BCUT2D eigenvalue weighted by Crippen LogP contribution is 2.32. The van der Waals surface area contributed by atoms with Gasteiger partial charge in [0.25, 0.3) is 0 Å². The highest BCUT2D eigenvalue weighted by atomic mass is 32.1. The van der Waals surface area contributed by atoms with Gasteiger partial charge in [0.2, 0.25) is 9.73 Å². The predicted molar refractivity (Wildman–Crippen MR) is 121 cm³/mol. The highest BCUT2D eigenvalue weighted by Gasteiger charge is 2.32. The van der Waals surface area contributed by atoms with Gasteiger partial charge in [0.1, 0.15) is 5.82 Å². The minimum atomic E-state index is -4.41. The topological polar surface area (TPSA) is 55.7 Å². The second-order valence-electron chi connectivity index (χ2n) is 8.23. The zero-order valence-corrected chi connectivity index (χ0v) is 18.9. The lowest BCUT2D eigenvalue weighted by Gasteiger charge is -2.31. The molecule has 1 saturated heterocycles. The lowest BCUT2D eigenvalue weighted by Crippen LogP contribution is -2.36. The van der Waals surface area contributed by atoms with E-state index < -0.39 is 11.7 Å². The van der Waals surface area contributed by atoms with Crippen LogP contribution in [0.3, 0.4) is 0 Å². The van der Waals surface area contributed by atoms with Crippen LogP contribution in [0.2, 0.25) is 0 Å². The first kappa shape index (κ1) is 20.8. The lowest BCUT2D eigenvalue weighted by atomic mass is 9.97. The minimum Gasteiger partial charge on any atom is -0.286 e. The standard InChI is InChI=1S/C21H18F3N7S2/c22-21(23,24)14-7-8-17-25-26-18(29(17)11-14)13-4-3-9-28(10-13)12-30-20(32)31-15-5-1-2-6-16(15)33-19(31)27-30/h1-2,5-8,11,13H,3-4,9-10,12H2/t13-/m1/s1. The smallest absolute Gasteiger partial charge is 0.286 e. The van der Waals surface area contributed by atoms with Crippen molar-refractivity contribution in [2.75, 3.05) is 13.1 Å². The van der Waals surface area contributed by atoms with Crippen LogP contribution in [-0.2, 0) is 12.8 Å². The van der Waals surface area contributed by atoms with Crippen LogP contribution in [0, 0.1) is 4.77 Å². The van der Waals surface area contributed by atoms with Crippen LogP contribution in [0.1, 0.15) is 30.1 Å². The van der Waals surface area contributed by atoms with E-state index in [4.69, 9.17) is 17.3 Å². The van der Waals surface area contributed by atoms with Crippen LogP contribution in [0.4, 0.5) is 13.2 Å². The first-order chi connectivity index (χ1) is 15.9. The number of fused-ring (bicyclic) bond motifs is 4. The quantitative estimate of drug-likeness (QED) is 0.335. The summed E-state index contributed by atoms with van der Waals surface area (Å²) in [6, 6.07) is 10.5. The van der Waals surface area contributed by atoms with Gasteiger partial charge in [0.15, 0.2) is 5.65 Å². The highest BCUT2D eigenvalue weighted by molar-refractivity contribution is 7.71. The van der Waals surface area contributed by atoms with Crippen molar-refractivity contribution < 1.29 is 13.2 Å². The number of piperidine rings is 1. The molecule has 5 heterocycles. The van der Waals surface area contributed by atoms with Gasteiger partial charge in [0.05, 0.1) is 22.4 Å². The van der Waals surface area contributed by atoms with Gasteiger partial charge in [-0.15, -0.1) is 15.3 Å². The molecule has 0 amide bonds.